The molecule has 0 saturated carbocycles. The fourth-order valence-corrected chi connectivity index (χ4v) is 2.90. The van der Waals surface area contributed by atoms with Gasteiger partial charge in [-0.3, -0.25) is 4.79 Å². The number of rotatable bonds is 4. The number of ether oxygens (including phenoxy) is 2. The zero-order chi connectivity index (χ0) is 16.5. The highest BCUT2D eigenvalue weighted by Crippen LogP contribution is 2.32. The van der Waals surface area contributed by atoms with Gasteiger partial charge in [0.1, 0.15) is 0 Å². The molecule has 5 nitrogen and oxygen atoms in total. The van der Waals surface area contributed by atoms with Crippen LogP contribution in [0.2, 0.25) is 0 Å². The Morgan fingerprint density at radius 3 is 2.88 bits per heavy atom. The van der Waals surface area contributed by atoms with Gasteiger partial charge in [0.15, 0.2) is 11.5 Å². The molecule has 0 unspecified atom stereocenters. The standard InChI is InChI=1S/C19H18N2O3/c1-2-14-9-13-10-15(4-5-16(13)20-14)21-19(22)8-12-3-6-17-18(7-12)24-11-23-17/h3-7,9-10,20H,2,8,11H2,1H3,(H,21,22). The van der Waals surface area contributed by atoms with Gasteiger partial charge in [-0.15, -0.1) is 0 Å². The molecule has 1 aliphatic rings. The van der Waals surface area contributed by atoms with E-state index in [0.717, 1.165) is 34.3 Å². The molecule has 0 spiro atoms. The number of aryl methyl sites for hydroxylation is 1. The van der Waals surface area contributed by atoms with Crippen LogP contribution < -0.4 is 14.8 Å². The lowest BCUT2D eigenvalue weighted by atomic mass is 10.1. The van der Waals surface area contributed by atoms with Crippen molar-refractivity contribution in [2.24, 2.45) is 0 Å². The predicted molar refractivity (Wildman–Crippen MR) is 92.6 cm³/mol. The van der Waals surface area contributed by atoms with E-state index in [0.29, 0.717) is 12.2 Å². The van der Waals surface area contributed by atoms with Crippen molar-refractivity contribution >= 4 is 22.5 Å². The molecule has 0 saturated heterocycles. The van der Waals surface area contributed by atoms with Gasteiger partial charge in [-0.1, -0.05) is 13.0 Å². The number of carbonyl (C=O) groups is 1. The summed E-state index contributed by atoms with van der Waals surface area (Å²) in [5.74, 6) is 1.37. The molecule has 0 atom stereocenters. The summed E-state index contributed by atoms with van der Waals surface area (Å²) in [6.07, 6.45) is 1.25. The second-order valence-corrected chi connectivity index (χ2v) is 5.86. The van der Waals surface area contributed by atoms with Crippen LogP contribution in [-0.4, -0.2) is 17.7 Å². The van der Waals surface area contributed by atoms with Crippen LogP contribution in [0.5, 0.6) is 11.5 Å². The number of hydrogen-bond donors (Lipinski definition) is 2. The quantitative estimate of drug-likeness (QED) is 0.771. The summed E-state index contributed by atoms with van der Waals surface area (Å²) in [5.41, 5.74) is 3.97. The van der Waals surface area contributed by atoms with Crippen molar-refractivity contribution in [2.75, 3.05) is 12.1 Å². The summed E-state index contributed by atoms with van der Waals surface area (Å²) >= 11 is 0. The van der Waals surface area contributed by atoms with Crippen LogP contribution in [0.3, 0.4) is 0 Å². The molecular formula is C19H18N2O3. The lowest BCUT2D eigenvalue weighted by molar-refractivity contribution is -0.115. The van der Waals surface area contributed by atoms with Crippen molar-refractivity contribution in [3.8, 4) is 11.5 Å². The molecule has 2 N–H and O–H groups in total. The van der Waals surface area contributed by atoms with Crippen molar-refractivity contribution < 1.29 is 14.3 Å². The number of anilines is 1. The first-order valence-electron chi connectivity index (χ1n) is 8.01. The number of benzene rings is 2. The Kier molecular flexibility index (Phi) is 3.61. The van der Waals surface area contributed by atoms with Crippen molar-refractivity contribution in [1.82, 2.24) is 4.98 Å². The van der Waals surface area contributed by atoms with E-state index in [1.54, 1.807) is 0 Å². The van der Waals surface area contributed by atoms with Crippen LogP contribution in [0.15, 0.2) is 42.5 Å². The molecule has 2 aromatic carbocycles. The Morgan fingerprint density at radius 2 is 2.00 bits per heavy atom. The molecule has 1 amide bonds. The van der Waals surface area contributed by atoms with Gasteiger partial charge in [-0.2, -0.15) is 0 Å². The van der Waals surface area contributed by atoms with E-state index in [4.69, 9.17) is 9.47 Å². The summed E-state index contributed by atoms with van der Waals surface area (Å²) in [7, 11) is 0. The normalized spacial score (nSPS) is 12.5. The Labute approximate surface area is 139 Å². The maximum Gasteiger partial charge on any atom is 0.231 e. The van der Waals surface area contributed by atoms with Gasteiger partial charge < -0.3 is 19.8 Å². The predicted octanol–water partition coefficient (Wildman–Crippen LogP) is 3.64. The molecule has 0 bridgehead atoms. The van der Waals surface area contributed by atoms with E-state index >= 15 is 0 Å². The van der Waals surface area contributed by atoms with E-state index in [1.807, 2.05) is 36.4 Å². The summed E-state index contributed by atoms with van der Waals surface area (Å²) < 4.78 is 10.6. The number of aromatic amines is 1. The molecule has 2 heterocycles. The lowest BCUT2D eigenvalue weighted by Gasteiger charge is -2.06. The number of fused-ring (bicyclic) bond motifs is 2. The summed E-state index contributed by atoms with van der Waals surface area (Å²) in [6.45, 7) is 2.35. The van der Waals surface area contributed by atoms with E-state index in [1.165, 1.54) is 5.69 Å². The number of carbonyl (C=O) groups excluding carboxylic acids is 1. The van der Waals surface area contributed by atoms with Crippen LogP contribution in [0.1, 0.15) is 18.2 Å². The number of nitrogens with one attached hydrogen (secondary N) is 2. The van der Waals surface area contributed by atoms with Gasteiger partial charge in [0, 0.05) is 22.3 Å². The lowest BCUT2D eigenvalue weighted by Crippen LogP contribution is -2.14. The molecule has 1 aromatic heterocycles. The van der Waals surface area contributed by atoms with Gasteiger partial charge in [0.25, 0.3) is 0 Å². The first-order chi connectivity index (χ1) is 11.7. The van der Waals surface area contributed by atoms with Gasteiger partial charge in [-0.05, 0) is 48.4 Å². The van der Waals surface area contributed by atoms with Crippen molar-refractivity contribution in [1.29, 1.82) is 0 Å². The Balaban J connectivity index is 1.47. The third-order valence-corrected chi connectivity index (χ3v) is 4.14. The second kappa shape index (κ2) is 5.92. The first-order valence-corrected chi connectivity index (χ1v) is 8.01. The zero-order valence-corrected chi connectivity index (χ0v) is 13.4. The monoisotopic (exact) mass is 322 g/mol. The Hall–Kier alpha value is -2.95. The molecule has 4 rings (SSSR count). The highest BCUT2D eigenvalue weighted by molar-refractivity contribution is 5.95. The number of H-pyrrole nitrogens is 1. The third kappa shape index (κ3) is 2.80. The molecule has 1 aliphatic heterocycles. The SMILES string of the molecule is CCc1cc2cc(NC(=O)Cc3ccc4c(c3)OCO4)ccc2[nH]1. The van der Waals surface area contributed by atoms with Crippen LogP contribution in [0, 0.1) is 0 Å². The second-order valence-electron chi connectivity index (χ2n) is 5.86. The molecule has 0 radical (unpaired) electrons. The smallest absolute Gasteiger partial charge is 0.231 e. The summed E-state index contributed by atoms with van der Waals surface area (Å²) in [4.78, 5) is 15.6. The average Bonchev–Trinajstić information content (AvgIpc) is 3.19. The number of hydrogen-bond acceptors (Lipinski definition) is 3. The fourth-order valence-electron chi connectivity index (χ4n) is 2.90. The summed E-state index contributed by atoms with van der Waals surface area (Å²) in [5, 5.41) is 4.06. The minimum atomic E-state index is -0.0560. The Morgan fingerprint density at radius 1 is 1.12 bits per heavy atom. The highest BCUT2D eigenvalue weighted by atomic mass is 16.7. The van der Waals surface area contributed by atoms with E-state index in [-0.39, 0.29) is 12.7 Å². The van der Waals surface area contributed by atoms with Crippen LogP contribution in [-0.2, 0) is 17.6 Å². The van der Waals surface area contributed by atoms with Crippen molar-refractivity contribution in [3.63, 3.8) is 0 Å². The van der Waals surface area contributed by atoms with Gasteiger partial charge >= 0.3 is 0 Å². The van der Waals surface area contributed by atoms with Crippen molar-refractivity contribution in [2.45, 2.75) is 19.8 Å². The topological polar surface area (TPSA) is 63.4 Å². The molecule has 24 heavy (non-hydrogen) atoms. The van der Waals surface area contributed by atoms with E-state index in [2.05, 4.69) is 23.3 Å². The minimum absolute atomic E-state index is 0.0560. The van der Waals surface area contributed by atoms with Gasteiger partial charge in [0.05, 0.1) is 6.42 Å². The molecular weight excluding hydrogens is 304 g/mol. The molecule has 5 heteroatoms. The first kappa shape index (κ1) is 14.6. The van der Waals surface area contributed by atoms with Gasteiger partial charge in [-0.25, -0.2) is 0 Å². The zero-order valence-electron chi connectivity index (χ0n) is 13.4. The maximum atomic E-state index is 12.3. The van der Waals surface area contributed by atoms with Crippen LogP contribution >= 0.6 is 0 Å². The molecule has 122 valence electrons. The fraction of sp³-hybridized carbons (Fsp3) is 0.211. The number of amides is 1. The van der Waals surface area contributed by atoms with E-state index < -0.39 is 0 Å². The third-order valence-electron chi connectivity index (χ3n) is 4.14. The highest BCUT2D eigenvalue weighted by Gasteiger charge is 2.14. The largest absolute Gasteiger partial charge is 0.454 e. The maximum absolute atomic E-state index is 12.3. The average molecular weight is 322 g/mol. The molecule has 0 fully saturated rings. The van der Waals surface area contributed by atoms with E-state index in [9.17, 15) is 4.79 Å². The van der Waals surface area contributed by atoms with Crippen LogP contribution in [0.25, 0.3) is 10.9 Å². The van der Waals surface area contributed by atoms with Crippen molar-refractivity contribution in [3.05, 3.63) is 53.7 Å². The summed E-state index contributed by atoms with van der Waals surface area (Å²) in [6, 6.07) is 13.6. The number of aromatic nitrogens is 1. The minimum Gasteiger partial charge on any atom is -0.454 e. The molecule has 0 aliphatic carbocycles. The van der Waals surface area contributed by atoms with Gasteiger partial charge in [0.2, 0.25) is 12.7 Å². The van der Waals surface area contributed by atoms with Crippen LogP contribution in [0.4, 0.5) is 5.69 Å². The Bertz CT molecular complexity index is 914. The molecule has 3 aromatic rings.